The predicted molar refractivity (Wildman–Crippen MR) is 80.9 cm³/mol. The number of H-pyrrole nitrogens is 1. The Bertz CT molecular complexity index is 883. The van der Waals surface area contributed by atoms with Gasteiger partial charge in [-0.25, -0.2) is 9.37 Å². The van der Waals surface area contributed by atoms with Crippen molar-refractivity contribution in [1.29, 1.82) is 0 Å². The van der Waals surface area contributed by atoms with Gasteiger partial charge in [0.25, 0.3) is 5.56 Å². The highest BCUT2D eigenvalue weighted by Crippen LogP contribution is 2.28. The lowest BCUT2D eigenvalue weighted by Gasteiger charge is -2.08. The van der Waals surface area contributed by atoms with Crippen molar-refractivity contribution in [3.8, 4) is 22.9 Å². The second-order valence-electron chi connectivity index (χ2n) is 4.65. The average molecular weight is 300 g/mol. The number of fused-ring (bicyclic) bond motifs is 1. The van der Waals surface area contributed by atoms with Crippen LogP contribution in [-0.2, 0) is 0 Å². The highest BCUT2D eigenvalue weighted by Gasteiger charge is 2.11. The highest BCUT2D eigenvalue weighted by atomic mass is 19.1. The summed E-state index contributed by atoms with van der Waals surface area (Å²) in [4.78, 5) is 19.0. The lowest BCUT2D eigenvalue weighted by atomic mass is 10.1. The smallest absolute Gasteiger partial charge is 0.262 e. The Balaban J connectivity index is 2.25. The molecule has 0 amide bonds. The minimum Gasteiger partial charge on any atom is -0.497 e. The Kier molecular flexibility index (Phi) is 3.50. The lowest BCUT2D eigenvalue weighted by molar-refractivity contribution is 0.394. The van der Waals surface area contributed by atoms with Gasteiger partial charge in [0.2, 0.25) is 0 Å². The molecule has 0 aliphatic rings. The first-order valence-electron chi connectivity index (χ1n) is 6.54. The Labute approximate surface area is 125 Å². The summed E-state index contributed by atoms with van der Waals surface area (Å²) >= 11 is 0. The van der Waals surface area contributed by atoms with Gasteiger partial charge in [0, 0.05) is 11.6 Å². The first-order chi connectivity index (χ1) is 10.6. The van der Waals surface area contributed by atoms with Crippen molar-refractivity contribution in [2.24, 2.45) is 0 Å². The summed E-state index contributed by atoms with van der Waals surface area (Å²) < 4.78 is 24.1. The zero-order chi connectivity index (χ0) is 15.7. The normalized spacial score (nSPS) is 10.7. The standard InChI is InChI=1S/C16H13FN2O3/c1-21-10-6-9(7-11(8-10)22-2)15-18-13-5-3-4-12(17)14(13)16(20)19-15/h3-8H,1-2H3,(H,18,19,20). The summed E-state index contributed by atoms with van der Waals surface area (Å²) in [5.41, 5.74) is 0.375. The quantitative estimate of drug-likeness (QED) is 0.808. The van der Waals surface area contributed by atoms with Gasteiger partial charge in [-0.1, -0.05) is 6.07 Å². The number of methoxy groups -OCH3 is 2. The molecule has 0 atom stereocenters. The molecule has 1 heterocycles. The van der Waals surface area contributed by atoms with E-state index in [1.807, 2.05) is 0 Å². The molecule has 0 aliphatic heterocycles. The molecular formula is C16H13FN2O3. The molecule has 0 fully saturated rings. The minimum atomic E-state index is -0.596. The molecule has 0 unspecified atom stereocenters. The molecular weight excluding hydrogens is 287 g/mol. The van der Waals surface area contributed by atoms with Crippen LogP contribution in [0.25, 0.3) is 22.3 Å². The number of ether oxygens (including phenoxy) is 2. The van der Waals surface area contributed by atoms with Gasteiger partial charge in [-0.3, -0.25) is 4.79 Å². The van der Waals surface area contributed by atoms with Gasteiger partial charge < -0.3 is 14.5 Å². The summed E-state index contributed by atoms with van der Waals surface area (Å²) in [5.74, 6) is 0.856. The minimum absolute atomic E-state index is 0.0545. The van der Waals surface area contributed by atoms with E-state index < -0.39 is 11.4 Å². The molecule has 2 aromatic carbocycles. The van der Waals surface area contributed by atoms with Crippen LogP contribution in [-0.4, -0.2) is 24.2 Å². The van der Waals surface area contributed by atoms with E-state index in [0.29, 0.717) is 28.4 Å². The Morgan fingerprint density at radius 2 is 1.77 bits per heavy atom. The molecule has 3 rings (SSSR count). The molecule has 1 N–H and O–H groups in total. The lowest BCUT2D eigenvalue weighted by Crippen LogP contribution is -2.11. The summed E-state index contributed by atoms with van der Waals surface area (Å²) in [6, 6.07) is 9.47. The van der Waals surface area contributed by atoms with Gasteiger partial charge in [-0.15, -0.1) is 0 Å². The fraction of sp³-hybridized carbons (Fsp3) is 0.125. The molecule has 0 spiro atoms. The fourth-order valence-electron chi connectivity index (χ4n) is 2.23. The van der Waals surface area contributed by atoms with Gasteiger partial charge in [0.1, 0.15) is 28.5 Å². The van der Waals surface area contributed by atoms with Crippen molar-refractivity contribution in [3.63, 3.8) is 0 Å². The van der Waals surface area contributed by atoms with Crippen LogP contribution in [0.3, 0.4) is 0 Å². The molecule has 0 aliphatic carbocycles. The predicted octanol–water partition coefficient (Wildman–Crippen LogP) is 2.75. The number of hydrogen-bond donors (Lipinski definition) is 1. The average Bonchev–Trinajstić information content (AvgIpc) is 2.54. The topological polar surface area (TPSA) is 64.2 Å². The van der Waals surface area contributed by atoms with E-state index in [0.717, 1.165) is 0 Å². The number of benzene rings is 2. The summed E-state index contributed by atoms with van der Waals surface area (Å²) in [6.07, 6.45) is 0. The van der Waals surface area contributed by atoms with Crippen molar-refractivity contribution < 1.29 is 13.9 Å². The summed E-state index contributed by atoms with van der Waals surface area (Å²) in [7, 11) is 3.06. The van der Waals surface area contributed by atoms with Crippen LogP contribution < -0.4 is 15.0 Å². The van der Waals surface area contributed by atoms with Crippen LogP contribution >= 0.6 is 0 Å². The van der Waals surface area contributed by atoms with Crippen LogP contribution in [0.5, 0.6) is 11.5 Å². The monoisotopic (exact) mass is 300 g/mol. The zero-order valence-electron chi connectivity index (χ0n) is 12.0. The molecule has 0 saturated heterocycles. The van der Waals surface area contributed by atoms with E-state index in [1.54, 1.807) is 24.3 Å². The fourth-order valence-corrected chi connectivity index (χ4v) is 2.23. The van der Waals surface area contributed by atoms with Crippen molar-refractivity contribution in [2.75, 3.05) is 14.2 Å². The molecule has 3 aromatic rings. The number of aromatic amines is 1. The van der Waals surface area contributed by atoms with E-state index in [2.05, 4.69) is 9.97 Å². The number of rotatable bonds is 3. The summed E-state index contributed by atoms with van der Waals surface area (Å²) in [5, 5.41) is -0.0545. The van der Waals surface area contributed by atoms with Crippen LogP contribution in [0.2, 0.25) is 0 Å². The van der Waals surface area contributed by atoms with Crippen LogP contribution in [0.1, 0.15) is 0 Å². The van der Waals surface area contributed by atoms with E-state index in [4.69, 9.17) is 9.47 Å². The number of halogens is 1. The third-order valence-corrected chi connectivity index (χ3v) is 3.31. The zero-order valence-corrected chi connectivity index (χ0v) is 12.0. The molecule has 22 heavy (non-hydrogen) atoms. The first kappa shape index (κ1) is 14.1. The molecule has 1 aromatic heterocycles. The number of hydrogen-bond acceptors (Lipinski definition) is 4. The summed E-state index contributed by atoms with van der Waals surface area (Å²) in [6.45, 7) is 0. The number of nitrogens with zero attached hydrogens (tertiary/aromatic N) is 1. The van der Waals surface area contributed by atoms with E-state index in [9.17, 15) is 9.18 Å². The van der Waals surface area contributed by atoms with Gasteiger partial charge in [0.05, 0.1) is 19.7 Å². The molecule has 112 valence electrons. The highest BCUT2D eigenvalue weighted by molar-refractivity contribution is 5.80. The Morgan fingerprint density at radius 3 is 2.41 bits per heavy atom. The van der Waals surface area contributed by atoms with E-state index in [-0.39, 0.29) is 5.39 Å². The van der Waals surface area contributed by atoms with E-state index >= 15 is 0 Å². The van der Waals surface area contributed by atoms with Gasteiger partial charge >= 0.3 is 0 Å². The molecule has 0 radical (unpaired) electrons. The van der Waals surface area contributed by atoms with E-state index in [1.165, 1.54) is 26.4 Å². The van der Waals surface area contributed by atoms with Crippen LogP contribution in [0.15, 0.2) is 41.2 Å². The largest absolute Gasteiger partial charge is 0.497 e. The second-order valence-corrected chi connectivity index (χ2v) is 4.65. The molecule has 0 bridgehead atoms. The van der Waals surface area contributed by atoms with Crippen LogP contribution in [0.4, 0.5) is 4.39 Å². The van der Waals surface area contributed by atoms with Gasteiger partial charge in [-0.2, -0.15) is 0 Å². The van der Waals surface area contributed by atoms with Gasteiger partial charge in [-0.05, 0) is 24.3 Å². The Hall–Kier alpha value is -2.89. The molecule has 0 saturated carbocycles. The Morgan fingerprint density at radius 1 is 1.09 bits per heavy atom. The maximum Gasteiger partial charge on any atom is 0.262 e. The SMILES string of the molecule is COc1cc(OC)cc(-c2nc3cccc(F)c3c(=O)[nH]2)c1. The van der Waals surface area contributed by atoms with Crippen molar-refractivity contribution >= 4 is 10.9 Å². The third-order valence-electron chi connectivity index (χ3n) is 3.31. The molecule has 5 nitrogen and oxygen atoms in total. The number of nitrogens with one attached hydrogen (secondary N) is 1. The van der Waals surface area contributed by atoms with Crippen molar-refractivity contribution in [3.05, 3.63) is 52.6 Å². The molecule has 6 heteroatoms. The third kappa shape index (κ3) is 2.39. The van der Waals surface area contributed by atoms with Gasteiger partial charge in [0.15, 0.2) is 0 Å². The first-order valence-corrected chi connectivity index (χ1v) is 6.54. The maximum atomic E-state index is 13.7. The van der Waals surface area contributed by atoms with Crippen molar-refractivity contribution in [1.82, 2.24) is 9.97 Å². The van der Waals surface area contributed by atoms with Crippen molar-refractivity contribution in [2.45, 2.75) is 0 Å². The maximum absolute atomic E-state index is 13.7. The number of aromatic nitrogens is 2. The van der Waals surface area contributed by atoms with Crippen LogP contribution in [0, 0.1) is 5.82 Å². The second kappa shape index (κ2) is 5.48.